The fourth-order valence-electron chi connectivity index (χ4n) is 3.29. The van der Waals surface area contributed by atoms with E-state index in [1.54, 1.807) is 0 Å². The fourth-order valence-corrected chi connectivity index (χ4v) is 3.70. The van der Waals surface area contributed by atoms with Crippen LogP contribution in [-0.2, 0) is 36.2 Å². The van der Waals surface area contributed by atoms with Gasteiger partial charge in [-0.15, -0.1) is 0 Å². The zero-order chi connectivity index (χ0) is 18.1. The summed E-state index contributed by atoms with van der Waals surface area (Å²) in [5, 5.41) is 5.64. The number of hydrogen-bond acceptors (Lipinski definition) is 5. The maximum absolute atomic E-state index is 11.2. The van der Waals surface area contributed by atoms with Gasteiger partial charge in [-0.05, 0) is 29.8 Å². The SMILES string of the molecule is CS(=O)(=O)NCc1cc2n(n1)CCN(Cc1ccc3ncccc3c1)C2. The zero-order valence-electron chi connectivity index (χ0n) is 14.6. The maximum atomic E-state index is 11.2. The van der Waals surface area contributed by atoms with Crippen LogP contribution in [0, 0.1) is 0 Å². The minimum absolute atomic E-state index is 0.233. The Labute approximate surface area is 152 Å². The molecule has 0 unspecified atom stereocenters. The minimum Gasteiger partial charge on any atom is -0.291 e. The van der Waals surface area contributed by atoms with E-state index in [2.05, 4.69) is 44.0 Å². The van der Waals surface area contributed by atoms with Crippen molar-refractivity contribution in [1.82, 2.24) is 24.4 Å². The van der Waals surface area contributed by atoms with Gasteiger partial charge in [0.25, 0.3) is 0 Å². The van der Waals surface area contributed by atoms with Gasteiger partial charge in [0, 0.05) is 31.2 Å². The van der Waals surface area contributed by atoms with Crippen molar-refractivity contribution in [1.29, 1.82) is 0 Å². The van der Waals surface area contributed by atoms with E-state index < -0.39 is 10.0 Å². The highest BCUT2D eigenvalue weighted by Gasteiger charge is 2.19. The molecule has 3 aromatic rings. The maximum Gasteiger partial charge on any atom is 0.209 e. The Balaban J connectivity index is 1.45. The number of rotatable bonds is 5. The molecule has 0 aliphatic carbocycles. The van der Waals surface area contributed by atoms with Crippen molar-refractivity contribution in [2.75, 3.05) is 12.8 Å². The van der Waals surface area contributed by atoms with Crippen molar-refractivity contribution >= 4 is 20.9 Å². The third kappa shape index (κ3) is 3.92. The van der Waals surface area contributed by atoms with Crippen LogP contribution in [0.15, 0.2) is 42.6 Å². The van der Waals surface area contributed by atoms with E-state index in [0.29, 0.717) is 0 Å². The molecule has 0 bridgehead atoms. The molecule has 7 nitrogen and oxygen atoms in total. The quantitative estimate of drug-likeness (QED) is 0.735. The van der Waals surface area contributed by atoms with E-state index in [-0.39, 0.29) is 6.54 Å². The molecule has 4 rings (SSSR count). The number of nitrogens with one attached hydrogen (secondary N) is 1. The average molecular weight is 371 g/mol. The van der Waals surface area contributed by atoms with Crippen molar-refractivity contribution in [2.45, 2.75) is 26.2 Å². The lowest BCUT2D eigenvalue weighted by atomic mass is 10.1. The second-order valence-electron chi connectivity index (χ2n) is 6.68. The lowest BCUT2D eigenvalue weighted by molar-refractivity contribution is 0.205. The van der Waals surface area contributed by atoms with Crippen molar-refractivity contribution in [3.05, 3.63) is 59.5 Å². The van der Waals surface area contributed by atoms with Crippen LogP contribution < -0.4 is 4.72 Å². The Morgan fingerprint density at radius 1 is 1.19 bits per heavy atom. The molecule has 0 saturated heterocycles. The van der Waals surface area contributed by atoms with Crippen molar-refractivity contribution in [2.24, 2.45) is 0 Å². The third-order valence-corrected chi connectivity index (χ3v) is 5.19. The molecule has 0 saturated carbocycles. The van der Waals surface area contributed by atoms with Crippen LogP contribution in [0.3, 0.4) is 0 Å². The first-order valence-corrected chi connectivity index (χ1v) is 10.4. The molecule has 3 heterocycles. The summed E-state index contributed by atoms with van der Waals surface area (Å²) in [7, 11) is -3.21. The summed E-state index contributed by atoms with van der Waals surface area (Å²) in [6.07, 6.45) is 2.97. The van der Waals surface area contributed by atoms with E-state index in [9.17, 15) is 8.42 Å². The monoisotopic (exact) mass is 371 g/mol. The van der Waals surface area contributed by atoms with Gasteiger partial charge in [-0.3, -0.25) is 14.6 Å². The van der Waals surface area contributed by atoms with Crippen LogP contribution >= 0.6 is 0 Å². The first-order chi connectivity index (χ1) is 12.5. The Hall–Kier alpha value is -2.29. The highest BCUT2D eigenvalue weighted by atomic mass is 32.2. The second kappa shape index (κ2) is 6.79. The largest absolute Gasteiger partial charge is 0.291 e. The number of benzene rings is 1. The number of nitrogens with zero attached hydrogens (tertiary/aromatic N) is 4. The first kappa shape index (κ1) is 17.1. The van der Waals surface area contributed by atoms with Gasteiger partial charge in [-0.25, -0.2) is 13.1 Å². The summed E-state index contributed by atoms with van der Waals surface area (Å²) in [6.45, 7) is 3.63. The molecule has 26 heavy (non-hydrogen) atoms. The third-order valence-electron chi connectivity index (χ3n) is 4.52. The number of sulfonamides is 1. The van der Waals surface area contributed by atoms with Crippen molar-refractivity contribution in [3.63, 3.8) is 0 Å². The summed E-state index contributed by atoms with van der Waals surface area (Å²) in [5.41, 5.74) is 4.14. The summed E-state index contributed by atoms with van der Waals surface area (Å²) >= 11 is 0. The van der Waals surface area contributed by atoms with Crippen LogP contribution in [0.2, 0.25) is 0 Å². The summed E-state index contributed by atoms with van der Waals surface area (Å²) < 4.78 is 26.9. The van der Waals surface area contributed by atoms with Gasteiger partial charge in [0.05, 0.1) is 36.2 Å². The standard InChI is InChI=1S/C18H21N5O2S/c1-26(24,25)20-11-16-10-17-13-22(7-8-23(17)21-16)12-14-4-5-18-15(9-14)3-2-6-19-18/h2-6,9-10,20H,7-8,11-13H2,1H3. The molecule has 8 heteroatoms. The molecule has 1 aliphatic heterocycles. The van der Waals surface area contributed by atoms with Gasteiger partial charge < -0.3 is 0 Å². The molecule has 0 spiro atoms. The molecule has 1 N–H and O–H groups in total. The number of hydrogen-bond donors (Lipinski definition) is 1. The van der Waals surface area contributed by atoms with Gasteiger partial charge in [0.2, 0.25) is 10.0 Å². The zero-order valence-corrected chi connectivity index (χ0v) is 15.4. The van der Waals surface area contributed by atoms with E-state index in [1.807, 2.05) is 23.0 Å². The van der Waals surface area contributed by atoms with Crippen LogP contribution in [-0.4, -0.2) is 40.9 Å². The summed E-state index contributed by atoms with van der Waals surface area (Å²) in [4.78, 5) is 6.74. The van der Waals surface area contributed by atoms with Crippen LogP contribution in [0.4, 0.5) is 0 Å². The molecule has 0 fully saturated rings. The smallest absolute Gasteiger partial charge is 0.209 e. The number of fused-ring (bicyclic) bond motifs is 2. The molecule has 1 aliphatic rings. The highest BCUT2D eigenvalue weighted by Crippen LogP contribution is 2.19. The topological polar surface area (TPSA) is 80.1 Å². The van der Waals surface area contributed by atoms with E-state index in [1.165, 1.54) is 5.56 Å². The van der Waals surface area contributed by atoms with E-state index in [4.69, 9.17) is 0 Å². The molecular weight excluding hydrogens is 350 g/mol. The molecule has 0 amide bonds. The van der Waals surface area contributed by atoms with Crippen molar-refractivity contribution < 1.29 is 8.42 Å². The second-order valence-corrected chi connectivity index (χ2v) is 8.52. The van der Waals surface area contributed by atoms with Gasteiger partial charge in [-0.1, -0.05) is 12.1 Å². The van der Waals surface area contributed by atoms with Gasteiger partial charge in [0.1, 0.15) is 0 Å². The molecular formula is C18H21N5O2S. The number of aromatic nitrogens is 3. The van der Waals surface area contributed by atoms with Crippen LogP contribution in [0.5, 0.6) is 0 Å². The Kier molecular flexibility index (Phi) is 4.47. The molecule has 136 valence electrons. The van der Waals surface area contributed by atoms with E-state index in [0.717, 1.165) is 54.7 Å². The Morgan fingerprint density at radius 3 is 2.92 bits per heavy atom. The minimum atomic E-state index is -3.21. The Morgan fingerprint density at radius 2 is 2.08 bits per heavy atom. The molecule has 1 aromatic carbocycles. The van der Waals surface area contributed by atoms with Gasteiger partial charge in [-0.2, -0.15) is 5.10 Å². The summed E-state index contributed by atoms with van der Waals surface area (Å²) in [6, 6.07) is 12.4. The van der Waals surface area contributed by atoms with Crippen molar-refractivity contribution in [3.8, 4) is 0 Å². The predicted octanol–water partition coefficient (Wildman–Crippen LogP) is 1.50. The summed E-state index contributed by atoms with van der Waals surface area (Å²) in [5.74, 6) is 0. The lowest BCUT2D eigenvalue weighted by Gasteiger charge is -2.27. The lowest BCUT2D eigenvalue weighted by Crippen LogP contribution is -2.33. The predicted molar refractivity (Wildman–Crippen MR) is 99.8 cm³/mol. The fraction of sp³-hybridized carbons (Fsp3) is 0.333. The van der Waals surface area contributed by atoms with Gasteiger partial charge in [0.15, 0.2) is 0 Å². The first-order valence-electron chi connectivity index (χ1n) is 8.52. The number of pyridine rings is 1. The molecule has 0 atom stereocenters. The average Bonchev–Trinajstić information content (AvgIpc) is 3.02. The van der Waals surface area contributed by atoms with E-state index >= 15 is 0 Å². The van der Waals surface area contributed by atoms with Crippen LogP contribution in [0.1, 0.15) is 17.0 Å². The Bertz CT molecular complexity index is 1040. The van der Waals surface area contributed by atoms with Crippen LogP contribution in [0.25, 0.3) is 10.9 Å². The normalized spacial score (nSPS) is 15.3. The molecule has 0 radical (unpaired) electrons. The van der Waals surface area contributed by atoms with Gasteiger partial charge >= 0.3 is 0 Å². The molecule has 2 aromatic heterocycles. The highest BCUT2D eigenvalue weighted by molar-refractivity contribution is 7.88.